The fourth-order valence-electron chi connectivity index (χ4n) is 0.872. The maximum atomic E-state index is 12.0. The third-order valence-electron chi connectivity index (χ3n) is 1.52. The Balaban J connectivity index is 0. The molecular formula is C8H9F6N3O3. The first-order valence-corrected chi connectivity index (χ1v) is 4.35. The van der Waals surface area contributed by atoms with E-state index in [0.717, 1.165) is 6.07 Å². The van der Waals surface area contributed by atoms with Crippen molar-refractivity contribution in [1.82, 2.24) is 0 Å². The van der Waals surface area contributed by atoms with E-state index < -0.39 is 28.6 Å². The normalized spacial score (nSPS) is 10.6. The summed E-state index contributed by atoms with van der Waals surface area (Å²) in [6, 6.07) is 2.00. The molecule has 0 fully saturated rings. The zero-order chi connectivity index (χ0) is 16.6. The van der Waals surface area contributed by atoms with Crippen LogP contribution in [0.4, 0.5) is 26.3 Å². The monoisotopic (exact) mass is 309 g/mol. The summed E-state index contributed by atoms with van der Waals surface area (Å²) < 4.78 is 71.9. The van der Waals surface area contributed by atoms with Crippen molar-refractivity contribution in [3.8, 4) is 0 Å². The quantitative estimate of drug-likeness (QED) is 0.294. The molecule has 0 aliphatic rings. The van der Waals surface area contributed by atoms with E-state index in [0.29, 0.717) is 12.1 Å². The second-order valence-corrected chi connectivity index (χ2v) is 2.81. The van der Waals surface area contributed by atoms with E-state index in [4.69, 9.17) is 15.3 Å². The maximum absolute atomic E-state index is 12.0. The van der Waals surface area contributed by atoms with Crippen LogP contribution in [-0.4, -0.2) is 10.3 Å². The van der Waals surface area contributed by atoms with Gasteiger partial charge in [-0.2, -0.15) is 26.3 Å². The molecule has 0 heterocycles. The third kappa shape index (κ3) is 8.93. The Morgan fingerprint density at radius 2 is 1.25 bits per heavy atom. The molecule has 0 saturated carbocycles. The number of halogens is 6. The lowest BCUT2D eigenvalue weighted by atomic mass is 10.1. The van der Waals surface area contributed by atoms with Crippen molar-refractivity contribution in [3.63, 3.8) is 0 Å². The summed E-state index contributed by atoms with van der Waals surface area (Å²) in [7, 11) is 0. The Morgan fingerprint density at radius 3 is 1.45 bits per heavy atom. The van der Waals surface area contributed by atoms with E-state index in [1.807, 2.05) is 0 Å². The van der Waals surface area contributed by atoms with Crippen molar-refractivity contribution < 1.29 is 36.6 Å². The van der Waals surface area contributed by atoms with Gasteiger partial charge in [-0.1, -0.05) is 6.07 Å². The van der Waals surface area contributed by atoms with E-state index in [9.17, 15) is 26.3 Å². The molecule has 12 heteroatoms. The highest BCUT2D eigenvalue weighted by Gasteiger charge is 2.35. The number of hydrogen-bond donors (Lipinski definition) is 3. The van der Waals surface area contributed by atoms with Crippen LogP contribution in [0.3, 0.4) is 0 Å². The second kappa shape index (κ2) is 8.16. The van der Waals surface area contributed by atoms with Gasteiger partial charge in [-0.25, -0.2) is 0 Å². The van der Waals surface area contributed by atoms with Crippen LogP contribution in [0.5, 0.6) is 0 Å². The van der Waals surface area contributed by atoms with Gasteiger partial charge in [0.15, 0.2) is 0 Å². The van der Waals surface area contributed by atoms with Crippen LogP contribution in [0.15, 0.2) is 24.3 Å². The van der Waals surface area contributed by atoms with E-state index in [2.05, 4.69) is 11.7 Å². The Kier molecular flexibility index (Phi) is 8.26. The fraction of sp³-hybridized carbons (Fsp3) is 0.250. The van der Waals surface area contributed by atoms with Gasteiger partial charge in [0.2, 0.25) is 0 Å². The molecule has 0 unspecified atom stereocenters. The lowest BCUT2D eigenvalue weighted by molar-refractivity contribution is -0.742. The van der Waals surface area contributed by atoms with Crippen LogP contribution in [0.2, 0.25) is 0 Å². The molecule has 0 aromatic heterocycles. The largest absolute Gasteiger partial charge is 0.416 e. The molecule has 1 aromatic rings. The number of hydrazine groups is 1. The van der Waals surface area contributed by atoms with Gasteiger partial charge in [0.1, 0.15) is 0 Å². The van der Waals surface area contributed by atoms with E-state index in [1.54, 1.807) is 0 Å². The van der Waals surface area contributed by atoms with Crippen LogP contribution in [0, 0.1) is 10.1 Å². The molecule has 0 amide bonds. The molecule has 0 spiro atoms. The highest BCUT2D eigenvalue weighted by atomic mass is 19.4. The molecule has 0 aliphatic heterocycles. The van der Waals surface area contributed by atoms with Crippen molar-refractivity contribution >= 4 is 0 Å². The highest BCUT2D eigenvalue weighted by molar-refractivity contribution is 5.27. The summed E-state index contributed by atoms with van der Waals surface area (Å²) >= 11 is 0. The number of rotatable bonds is 0. The fourth-order valence-corrected chi connectivity index (χ4v) is 0.872. The number of benzene rings is 1. The Labute approximate surface area is 107 Å². The molecular weight excluding hydrogens is 300 g/mol. The lowest BCUT2D eigenvalue weighted by Gasteiger charge is -2.10. The summed E-state index contributed by atoms with van der Waals surface area (Å²) in [6.45, 7) is 0. The van der Waals surface area contributed by atoms with Crippen molar-refractivity contribution in [2.45, 2.75) is 12.4 Å². The van der Waals surface area contributed by atoms with Crippen LogP contribution >= 0.6 is 0 Å². The average Bonchev–Trinajstić information content (AvgIpc) is 2.29. The standard InChI is InChI=1S/C8H4F6.H4N2.HNO3/c9-7(10,11)5-2-1-3-6(4-5)8(12,13)14;1-2;2-1(3)4/h1-4H;1-2H2;(H,2,3,4). The Hall–Kier alpha value is -2.08. The van der Waals surface area contributed by atoms with E-state index >= 15 is 0 Å². The zero-order valence-corrected chi connectivity index (χ0v) is 9.44. The smallest absolute Gasteiger partial charge is 0.328 e. The van der Waals surface area contributed by atoms with Crippen LogP contribution in [0.1, 0.15) is 11.1 Å². The number of nitrogens with two attached hydrogens (primary N) is 2. The summed E-state index contributed by atoms with van der Waals surface area (Å²) in [5, 5.41) is 13.6. The van der Waals surface area contributed by atoms with Gasteiger partial charge in [-0.05, 0) is 18.2 Å². The minimum absolute atomic E-state index is 0.0833. The lowest BCUT2D eigenvalue weighted by Crippen LogP contribution is -2.09. The minimum atomic E-state index is -4.75. The Bertz CT molecular complexity index is 387. The molecule has 1 rings (SSSR count). The third-order valence-corrected chi connectivity index (χ3v) is 1.52. The molecule has 6 nitrogen and oxygen atoms in total. The first kappa shape index (κ1) is 20.2. The number of alkyl halides is 6. The van der Waals surface area contributed by atoms with Crippen molar-refractivity contribution in [3.05, 3.63) is 45.5 Å². The minimum Gasteiger partial charge on any atom is -0.328 e. The van der Waals surface area contributed by atoms with Crippen molar-refractivity contribution in [2.24, 2.45) is 11.7 Å². The summed E-state index contributed by atoms with van der Waals surface area (Å²) in [5.41, 5.74) is -2.60. The second-order valence-electron chi connectivity index (χ2n) is 2.81. The summed E-state index contributed by atoms with van der Waals surface area (Å²) in [6.07, 6.45) is -9.50. The molecule has 116 valence electrons. The molecule has 0 bridgehead atoms. The number of nitrogens with zero attached hydrogens (tertiary/aromatic N) is 1. The predicted octanol–water partition coefficient (Wildman–Crippen LogP) is 2.20. The zero-order valence-electron chi connectivity index (χ0n) is 9.44. The van der Waals surface area contributed by atoms with Crippen molar-refractivity contribution in [1.29, 1.82) is 0 Å². The van der Waals surface area contributed by atoms with E-state index in [1.165, 1.54) is 0 Å². The molecule has 0 radical (unpaired) electrons. The SMILES string of the molecule is FC(F)(F)c1cccc(C(F)(F)F)c1.NN.O=[N+]([O-])O. The van der Waals surface area contributed by atoms with Gasteiger partial charge in [0.05, 0.1) is 11.1 Å². The topological polar surface area (TPSA) is 115 Å². The first-order chi connectivity index (χ1) is 8.94. The van der Waals surface area contributed by atoms with Gasteiger partial charge in [-0.3, -0.25) is 11.7 Å². The van der Waals surface area contributed by atoms with E-state index in [-0.39, 0.29) is 6.07 Å². The average molecular weight is 309 g/mol. The van der Waals surface area contributed by atoms with Crippen molar-refractivity contribution in [2.75, 3.05) is 0 Å². The van der Waals surface area contributed by atoms with Gasteiger partial charge in [0.25, 0.3) is 5.09 Å². The summed E-state index contributed by atoms with van der Waals surface area (Å²) in [5.74, 6) is 8.00. The van der Waals surface area contributed by atoms with Crippen LogP contribution in [-0.2, 0) is 12.4 Å². The molecule has 1 aromatic carbocycles. The van der Waals surface area contributed by atoms with Gasteiger partial charge < -0.3 is 5.21 Å². The maximum Gasteiger partial charge on any atom is 0.416 e. The molecule has 0 saturated heterocycles. The Morgan fingerprint density at radius 1 is 1.00 bits per heavy atom. The first-order valence-electron chi connectivity index (χ1n) is 4.35. The van der Waals surface area contributed by atoms with Crippen LogP contribution < -0.4 is 11.7 Å². The van der Waals surface area contributed by atoms with Gasteiger partial charge >= 0.3 is 12.4 Å². The molecule has 5 N–H and O–H groups in total. The molecule has 0 aliphatic carbocycles. The summed E-state index contributed by atoms with van der Waals surface area (Å²) in [4.78, 5) is 8.36. The molecule has 0 atom stereocenters. The van der Waals surface area contributed by atoms with Gasteiger partial charge in [0, 0.05) is 0 Å². The van der Waals surface area contributed by atoms with Crippen LogP contribution in [0.25, 0.3) is 0 Å². The number of hydrogen-bond acceptors (Lipinski definition) is 4. The van der Waals surface area contributed by atoms with Gasteiger partial charge in [-0.15, -0.1) is 10.1 Å². The molecule has 20 heavy (non-hydrogen) atoms. The predicted molar refractivity (Wildman–Crippen MR) is 53.6 cm³/mol. The highest BCUT2D eigenvalue weighted by Crippen LogP contribution is 2.34.